The smallest absolute Gasteiger partial charge is 0.121 e. The summed E-state index contributed by atoms with van der Waals surface area (Å²) < 4.78 is 5.27. The van der Waals surface area contributed by atoms with Crippen molar-refractivity contribution in [3.8, 4) is 5.75 Å². The van der Waals surface area contributed by atoms with E-state index in [-0.39, 0.29) is 0 Å². The van der Waals surface area contributed by atoms with Gasteiger partial charge in [-0.3, -0.25) is 0 Å². The Kier molecular flexibility index (Phi) is 6.19. The van der Waals surface area contributed by atoms with Gasteiger partial charge in [0.05, 0.1) is 17.8 Å². The second kappa shape index (κ2) is 7.90. The maximum Gasteiger partial charge on any atom is 0.121 e. The summed E-state index contributed by atoms with van der Waals surface area (Å²) in [6, 6.07) is 6.18. The van der Waals surface area contributed by atoms with E-state index in [1.54, 1.807) is 7.11 Å². The fraction of sp³-hybridized carbons (Fsp3) is 0.647. The highest BCUT2D eigenvalue weighted by atomic mass is 35.5. The van der Waals surface area contributed by atoms with E-state index in [4.69, 9.17) is 16.3 Å². The van der Waals surface area contributed by atoms with Crippen LogP contribution in [0.4, 0.5) is 5.69 Å². The summed E-state index contributed by atoms with van der Waals surface area (Å²) in [5, 5.41) is 4.33. The molecule has 0 aromatic heterocycles. The number of hydrogen-bond donors (Lipinski definition) is 1. The van der Waals surface area contributed by atoms with Gasteiger partial charge in [0.1, 0.15) is 5.75 Å². The minimum absolute atomic E-state index is 0.429. The summed E-state index contributed by atoms with van der Waals surface area (Å²) in [5.41, 5.74) is 0.972. The Bertz CT molecular complexity index is 444. The van der Waals surface area contributed by atoms with Gasteiger partial charge in [0.15, 0.2) is 0 Å². The number of anilines is 1. The van der Waals surface area contributed by atoms with Gasteiger partial charge in [-0.2, -0.15) is 0 Å². The molecule has 1 N–H and O–H groups in total. The molecule has 1 aliphatic rings. The fourth-order valence-electron chi connectivity index (χ4n) is 3.10. The quantitative estimate of drug-likeness (QED) is 0.849. The standard InChI is InChI=1S/C17H27ClN2O/c1-4-9-20-10-7-14(8-11-20)13(2)19-17-12-15(21-3)5-6-16(17)18/h5-6,12-14,19H,4,7-11H2,1-3H3. The third-order valence-corrected chi connectivity index (χ3v) is 4.77. The van der Waals surface area contributed by atoms with Crippen LogP contribution in [0.3, 0.4) is 0 Å². The first-order chi connectivity index (χ1) is 10.1. The number of rotatable bonds is 6. The number of nitrogens with zero attached hydrogens (tertiary/aromatic N) is 1. The molecule has 3 nitrogen and oxygen atoms in total. The summed E-state index contributed by atoms with van der Waals surface area (Å²) in [7, 11) is 1.68. The molecule has 1 heterocycles. The Hall–Kier alpha value is -0.930. The molecule has 4 heteroatoms. The van der Waals surface area contributed by atoms with Crippen molar-refractivity contribution in [2.45, 2.75) is 39.2 Å². The molecule has 0 amide bonds. The molecule has 1 aliphatic heterocycles. The minimum atomic E-state index is 0.429. The number of likely N-dealkylation sites (tertiary alicyclic amines) is 1. The third-order valence-electron chi connectivity index (χ3n) is 4.44. The van der Waals surface area contributed by atoms with Crippen LogP contribution >= 0.6 is 11.6 Å². The Morgan fingerprint density at radius 1 is 1.38 bits per heavy atom. The maximum absolute atomic E-state index is 6.27. The third kappa shape index (κ3) is 4.52. The number of methoxy groups -OCH3 is 1. The van der Waals surface area contributed by atoms with Crippen LogP contribution in [-0.4, -0.2) is 37.7 Å². The molecule has 0 spiro atoms. The molecule has 1 unspecified atom stereocenters. The predicted octanol–water partition coefficient (Wildman–Crippen LogP) is 4.27. The fourth-order valence-corrected chi connectivity index (χ4v) is 3.27. The van der Waals surface area contributed by atoms with Gasteiger partial charge in [-0.05, 0) is 63.9 Å². The first-order valence-corrected chi connectivity index (χ1v) is 8.34. The van der Waals surface area contributed by atoms with E-state index >= 15 is 0 Å². The van der Waals surface area contributed by atoms with E-state index in [1.807, 2.05) is 18.2 Å². The van der Waals surface area contributed by atoms with Gasteiger partial charge in [0.25, 0.3) is 0 Å². The van der Waals surface area contributed by atoms with E-state index in [1.165, 1.54) is 38.9 Å². The van der Waals surface area contributed by atoms with Crippen molar-refractivity contribution in [2.75, 3.05) is 32.1 Å². The molecule has 1 atom stereocenters. The lowest BCUT2D eigenvalue weighted by Gasteiger charge is -2.35. The zero-order chi connectivity index (χ0) is 15.2. The maximum atomic E-state index is 6.27. The molecule has 1 fully saturated rings. The molecule has 1 saturated heterocycles. The Morgan fingerprint density at radius 2 is 2.10 bits per heavy atom. The number of hydrogen-bond acceptors (Lipinski definition) is 3. The van der Waals surface area contributed by atoms with Gasteiger partial charge in [-0.1, -0.05) is 18.5 Å². The van der Waals surface area contributed by atoms with Crippen molar-refractivity contribution in [3.63, 3.8) is 0 Å². The summed E-state index contributed by atoms with van der Waals surface area (Å²) in [4.78, 5) is 2.57. The van der Waals surface area contributed by atoms with Gasteiger partial charge in [-0.25, -0.2) is 0 Å². The zero-order valence-electron chi connectivity index (χ0n) is 13.4. The molecule has 21 heavy (non-hydrogen) atoms. The molecule has 1 aromatic carbocycles. The van der Waals surface area contributed by atoms with E-state index in [0.717, 1.165) is 16.5 Å². The van der Waals surface area contributed by atoms with Crippen LogP contribution in [0, 0.1) is 5.92 Å². The average Bonchev–Trinajstić information content (AvgIpc) is 2.50. The molecular weight excluding hydrogens is 284 g/mol. The lowest BCUT2D eigenvalue weighted by molar-refractivity contribution is 0.176. The summed E-state index contributed by atoms with van der Waals surface area (Å²) in [6.45, 7) is 8.18. The number of nitrogens with one attached hydrogen (secondary N) is 1. The van der Waals surface area contributed by atoms with Crippen LogP contribution in [0.2, 0.25) is 5.02 Å². The van der Waals surface area contributed by atoms with Crippen molar-refractivity contribution in [3.05, 3.63) is 23.2 Å². The number of halogens is 1. The minimum Gasteiger partial charge on any atom is -0.497 e. The molecule has 118 valence electrons. The second-order valence-corrected chi connectivity index (χ2v) is 6.37. The Morgan fingerprint density at radius 3 is 2.71 bits per heavy atom. The topological polar surface area (TPSA) is 24.5 Å². The molecule has 1 aromatic rings. The Balaban J connectivity index is 1.91. The summed E-state index contributed by atoms with van der Waals surface area (Å²) in [6.07, 6.45) is 3.77. The highest BCUT2D eigenvalue weighted by Gasteiger charge is 2.23. The van der Waals surface area contributed by atoms with Gasteiger partial charge in [0, 0.05) is 12.1 Å². The van der Waals surface area contributed by atoms with Crippen LogP contribution in [0.25, 0.3) is 0 Å². The largest absolute Gasteiger partial charge is 0.497 e. The van der Waals surface area contributed by atoms with Gasteiger partial charge < -0.3 is 15.0 Å². The van der Waals surface area contributed by atoms with E-state index < -0.39 is 0 Å². The highest BCUT2D eigenvalue weighted by molar-refractivity contribution is 6.33. The first-order valence-electron chi connectivity index (χ1n) is 7.96. The SMILES string of the molecule is CCCN1CCC(C(C)Nc2cc(OC)ccc2Cl)CC1. The first kappa shape index (κ1) is 16.4. The number of benzene rings is 1. The normalized spacial score (nSPS) is 18.5. The van der Waals surface area contributed by atoms with E-state index in [2.05, 4.69) is 24.1 Å². The summed E-state index contributed by atoms with van der Waals surface area (Å²) >= 11 is 6.27. The lowest BCUT2D eigenvalue weighted by Crippen LogP contribution is -2.39. The second-order valence-electron chi connectivity index (χ2n) is 5.96. The van der Waals surface area contributed by atoms with Gasteiger partial charge in [0.2, 0.25) is 0 Å². The molecule has 0 radical (unpaired) electrons. The van der Waals surface area contributed by atoms with E-state index in [0.29, 0.717) is 12.0 Å². The average molecular weight is 311 g/mol. The number of ether oxygens (including phenoxy) is 1. The highest BCUT2D eigenvalue weighted by Crippen LogP contribution is 2.30. The van der Waals surface area contributed by atoms with Crippen molar-refractivity contribution in [1.82, 2.24) is 4.90 Å². The van der Waals surface area contributed by atoms with Crippen molar-refractivity contribution in [1.29, 1.82) is 0 Å². The number of piperidine rings is 1. The Labute approximate surface area is 133 Å². The molecule has 0 saturated carbocycles. The van der Waals surface area contributed by atoms with Crippen molar-refractivity contribution < 1.29 is 4.74 Å². The molecule has 0 aliphatic carbocycles. The van der Waals surface area contributed by atoms with Crippen LogP contribution in [-0.2, 0) is 0 Å². The van der Waals surface area contributed by atoms with Crippen LogP contribution in [0.5, 0.6) is 5.75 Å². The predicted molar refractivity (Wildman–Crippen MR) is 90.5 cm³/mol. The molecule has 2 rings (SSSR count). The monoisotopic (exact) mass is 310 g/mol. The van der Waals surface area contributed by atoms with Crippen LogP contribution < -0.4 is 10.1 Å². The summed E-state index contributed by atoms with van der Waals surface area (Å²) in [5.74, 6) is 1.55. The zero-order valence-corrected chi connectivity index (χ0v) is 14.1. The van der Waals surface area contributed by atoms with Gasteiger partial charge in [-0.15, -0.1) is 0 Å². The lowest BCUT2D eigenvalue weighted by atomic mass is 9.90. The van der Waals surface area contributed by atoms with Crippen molar-refractivity contribution in [2.24, 2.45) is 5.92 Å². The molecular formula is C17H27ClN2O. The van der Waals surface area contributed by atoms with Crippen LogP contribution in [0.1, 0.15) is 33.1 Å². The van der Waals surface area contributed by atoms with E-state index in [9.17, 15) is 0 Å². The van der Waals surface area contributed by atoms with Crippen molar-refractivity contribution >= 4 is 17.3 Å². The van der Waals surface area contributed by atoms with Gasteiger partial charge >= 0.3 is 0 Å². The molecule has 0 bridgehead atoms. The van der Waals surface area contributed by atoms with Crippen LogP contribution in [0.15, 0.2) is 18.2 Å².